The molecule has 0 unspecified atom stereocenters. The second kappa shape index (κ2) is 9.49. The molecule has 2 aromatic rings. The average molecular weight is 505 g/mol. The first-order chi connectivity index (χ1) is 15.7. The summed E-state index contributed by atoms with van der Waals surface area (Å²) in [6, 6.07) is 12.2. The van der Waals surface area contributed by atoms with Crippen molar-refractivity contribution in [1.82, 2.24) is 5.32 Å². The molecule has 1 N–H and O–H groups in total. The highest BCUT2D eigenvalue weighted by molar-refractivity contribution is 6.31. The van der Waals surface area contributed by atoms with Crippen molar-refractivity contribution in [3.05, 3.63) is 69.5 Å². The maximum Gasteiger partial charge on any atom is 0.324 e. The van der Waals surface area contributed by atoms with Crippen molar-refractivity contribution in [3.63, 3.8) is 0 Å². The van der Waals surface area contributed by atoms with E-state index in [9.17, 15) is 10.1 Å². The van der Waals surface area contributed by atoms with Crippen LogP contribution < -0.4 is 5.32 Å². The van der Waals surface area contributed by atoms with E-state index in [0.29, 0.717) is 22.0 Å². The highest BCUT2D eigenvalue weighted by Gasteiger charge is 2.61. The lowest BCUT2D eigenvalue weighted by atomic mass is 9.63. The Hall–Kier alpha value is -2.13. The number of halogens is 3. The highest BCUT2D eigenvalue weighted by Crippen LogP contribution is 2.53. The van der Waals surface area contributed by atoms with E-state index in [4.69, 9.17) is 27.9 Å². The van der Waals surface area contributed by atoms with Gasteiger partial charge in [-0.3, -0.25) is 10.1 Å². The Morgan fingerprint density at radius 1 is 1.15 bits per heavy atom. The topological polar surface area (TPSA) is 62.1 Å². The van der Waals surface area contributed by atoms with Crippen molar-refractivity contribution < 1.29 is 13.9 Å². The van der Waals surface area contributed by atoms with E-state index in [-0.39, 0.29) is 11.0 Å². The molecule has 4 nitrogen and oxygen atoms in total. The first kappa shape index (κ1) is 26.5. The standard InChI is InChI=1S/C27H31Cl2FN2O2/c1-25(2,3)14-21-27(15-31,18-13-16(28)11-12-20(18)30)22(17-9-7-8-10-19(17)29)23(32-21)24(33)34-26(4,5)6/h7-13,21-23,32H,14H2,1-6H3/t21-,22-,23+,27-/m0/s1. The molecule has 0 aromatic heterocycles. The van der Waals surface area contributed by atoms with Gasteiger partial charge in [0.15, 0.2) is 0 Å². The minimum absolute atomic E-state index is 0.139. The summed E-state index contributed by atoms with van der Waals surface area (Å²) in [7, 11) is 0. The number of carbonyl (C=O) groups excluding carboxylic acids is 1. The third-order valence-electron chi connectivity index (χ3n) is 6.03. The molecule has 34 heavy (non-hydrogen) atoms. The van der Waals surface area contributed by atoms with Crippen LogP contribution in [0.3, 0.4) is 0 Å². The van der Waals surface area contributed by atoms with Gasteiger partial charge in [-0.2, -0.15) is 5.26 Å². The monoisotopic (exact) mass is 504 g/mol. The molecule has 182 valence electrons. The van der Waals surface area contributed by atoms with Gasteiger partial charge in [-0.15, -0.1) is 0 Å². The molecule has 1 saturated heterocycles. The first-order valence-corrected chi connectivity index (χ1v) is 12.1. The summed E-state index contributed by atoms with van der Waals surface area (Å²) in [5.74, 6) is -1.90. The number of nitriles is 1. The van der Waals surface area contributed by atoms with Gasteiger partial charge in [0.25, 0.3) is 0 Å². The van der Waals surface area contributed by atoms with E-state index >= 15 is 4.39 Å². The van der Waals surface area contributed by atoms with Crippen molar-refractivity contribution in [2.45, 2.75) is 77.0 Å². The molecule has 1 aliphatic rings. The van der Waals surface area contributed by atoms with Crippen LogP contribution >= 0.6 is 23.2 Å². The van der Waals surface area contributed by atoms with Crippen LogP contribution in [0, 0.1) is 22.6 Å². The second-order valence-corrected chi connectivity index (χ2v) is 11.9. The number of nitrogens with one attached hydrogen (secondary N) is 1. The SMILES string of the molecule is CC(C)(C)C[C@@H]1N[C@@H](C(=O)OC(C)(C)C)[C@H](c2ccccc2Cl)[C@@]1(C#N)c1cc(Cl)ccc1F. The van der Waals surface area contributed by atoms with Crippen LogP contribution in [-0.4, -0.2) is 23.7 Å². The van der Waals surface area contributed by atoms with E-state index in [1.165, 1.54) is 18.2 Å². The molecule has 3 rings (SSSR count). The fraction of sp³-hybridized carbons (Fsp3) is 0.481. The maximum atomic E-state index is 15.5. The number of benzene rings is 2. The molecule has 4 atom stereocenters. The van der Waals surface area contributed by atoms with Crippen molar-refractivity contribution in [1.29, 1.82) is 5.26 Å². The molecule has 0 spiro atoms. The van der Waals surface area contributed by atoms with Crippen LogP contribution in [0.4, 0.5) is 4.39 Å². The number of nitrogens with zero attached hydrogens (tertiary/aromatic N) is 1. The molecular formula is C27H31Cl2FN2O2. The molecule has 0 amide bonds. The third-order valence-corrected chi connectivity index (χ3v) is 6.61. The molecular weight excluding hydrogens is 474 g/mol. The quantitative estimate of drug-likeness (QED) is 0.465. The minimum Gasteiger partial charge on any atom is -0.459 e. The zero-order valence-electron chi connectivity index (χ0n) is 20.4. The van der Waals surface area contributed by atoms with E-state index in [1.54, 1.807) is 45.0 Å². The van der Waals surface area contributed by atoms with Gasteiger partial charge in [0, 0.05) is 27.6 Å². The minimum atomic E-state index is -1.48. The van der Waals surface area contributed by atoms with Crippen LogP contribution in [0.25, 0.3) is 0 Å². The summed E-state index contributed by atoms with van der Waals surface area (Å²) in [6.07, 6.45) is 0.493. The van der Waals surface area contributed by atoms with Gasteiger partial charge in [0.1, 0.15) is 22.9 Å². The van der Waals surface area contributed by atoms with E-state index in [1.807, 2.05) is 20.8 Å². The van der Waals surface area contributed by atoms with Gasteiger partial charge in [-0.25, -0.2) is 4.39 Å². The number of carbonyl (C=O) groups is 1. The van der Waals surface area contributed by atoms with Crippen molar-refractivity contribution in [2.75, 3.05) is 0 Å². The summed E-state index contributed by atoms with van der Waals surface area (Å²) in [5.41, 5.74) is -1.75. The summed E-state index contributed by atoms with van der Waals surface area (Å²) < 4.78 is 21.2. The molecule has 2 aromatic carbocycles. The van der Waals surface area contributed by atoms with Gasteiger partial charge < -0.3 is 4.74 Å². The molecule has 1 heterocycles. The number of esters is 1. The van der Waals surface area contributed by atoms with E-state index < -0.39 is 40.8 Å². The average Bonchev–Trinajstić information content (AvgIpc) is 3.02. The highest BCUT2D eigenvalue weighted by atomic mass is 35.5. The number of hydrogen-bond donors (Lipinski definition) is 1. The van der Waals surface area contributed by atoms with Crippen LogP contribution in [0.1, 0.15) is 65.0 Å². The smallest absolute Gasteiger partial charge is 0.324 e. The van der Waals surface area contributed by atoms with Gasteiger partial charge in [0.05, 0.1) is 6.07 Å². The van der Waals surface area contributed by atoms with Crippen molar-refractivity contribution in [2.24, 2.45) is 5.41 Å². The van der Waals surface area contributed by atoms with Gasteiger partial charge >= 0.3 is 5.97 Å². The van der Waals surface area contributed by atoms with E-state index in [2.05, 4.69) is 11.4 Å². The Morgan fingerprint density at radius 3 is 2.35 bits per heavy atom. The second-order valence-electron chi connectivity index (χ2n) is 11.1. The fourth-order valence-corrected chi connectivity index (χ4v) is 5.28. The molecule has 7 heteroatoms. The van der Waals surface area contributed by atoms with E-state index in [0.717, 1.165) is 0 Å². The maximum absolute atomic E-state index is 15.5. The molecule has 0 radical (unpaired) electrons. The molecule has 0 aliphatic carbocycles. The van der Waals surface area contributed by atoms with Gasteiger partial charge in [-0.1, -0.05) is 62.2 Å². The fourth-order valence-electron chi connectivity index (χ4n) is 4.86. The van der Waals surface area contributed by atoms with Crippen LogP contribution in [-0.2, 0) is 14.9 Å². The van der Waals surface area contributed by atoms with Crippen LogP contribution in [0.15, 0.2) is 42.5 Å². The van der Waals surface area contributed by atoms with Gasteiger partial charge in [-0.05, 0) is 62.4 Å². The predicted molar refractivity (Wildman–Crippen MR) is 134 cm³/mol. The Balaban J connectivity index is 2.35. The zero-order chi connectivity index (χ0) is 25.5. The normalized spacial score (nSPS) is 25.1. The lowest BCUT2D eigenvalue weighted by Gasteiger charge is -2.37. The molecule has 0 bridgehead atoms. The van der Waals surface area contributed by atoms with Crippen LogP contribution in [0.2, 0.25) is 10.0 Å². The summed E-state index contributed by atoms with van der Waals surface area (Å²) >= 11 is 12.9. The first-order valence-electron chi connectivity index (χ1n) is 11.3. The summed E-state index contributed by atoms with van der Waals surface area (Å²) in [6.45, 7) is 11.5. The lowest BCUT2D eigenvalue weighted by Crippen LogP contribution is -2.45. The van der Waals surface area contributed by atoms with Crippen LogP contribution in [0.5, 0.6) is 0 Å². The zero-order valence-corrected chi connectivity index (χ0v) is 21.9. The number of rotatable bonds is 4. The number of hydrogen-bond acceptors (Lipinski definition) is 4. The predicted octanol–water partition coefficient (Wildman–Crippen LogP) is 6.80. The largest absolute Gasteiger partial charge is 0.459 e. The third kappa shape index (κ3) is 5.25. The summed E-state index contributed by atoms with van der Waals surface area (Å²) in [4.78, 5) is 13.5. The molecule has 1 fully saturated rings. The number of ether oxygens (including phenoxy) is 1. The van der Waals surface area contributed by atoms with Gasteiger partial charge in [0.2, 0.25) is 0 Å². The summed E-state index contributed by atoms with van der Waals surface area (Å²) in [5, 5.41) is 14.9. The molecule has 0 saturated carbocycles. The lowest BCUT2D eigenvalue weighted by molar-refractivity contribution is -0.157. The molecule has 1 aliphatic heterocycles. The Morgan fingerprint density at radius 2 is 1.79 bits per heavy atom. The Kier molecular flexibility index (Phi) is 7.39. The Bertz CT molecular complexity index is 1120. The van der Waals surface area contributed by atoms with Crippen molar-refractivity contribution >= 4 is 29.2 Å². The van der Waals surface area contributed by atoms with Crippen molar-refractivity contribution in [3.8, 4) is 6.07 Å². The Labute approximate surface area is 211 Å².